The van der Waals surface area contributed by atoms with E-state index in [9.17, 15) is 0 Å². The number of nitrogens with zero attached hydrogens (tertiary/aromatic N) is 4. The molecule has 0 heterocycles. The fourth-order valence-corrected chi connectivity index (χ4v) is 13.7. The van der Waals surface area contributed by atoms with Gasteiger partial charge < -0.3 is 19.6 Å². The zero-order valence-corrected chi connectivity index (χ0v) is 52.2. The molecule has 11 aromatic carbocycles. The summed E-state index contributed by atoms with van der Waals surface area (Å²) in [4.78, 5) is 9.49. The monoisotopic (exact) mass is 1150 g/mol. The molecule has 0 N–H and O–H groups in total. The SMILES string of the molecule is Cc1ccc(N(c2ccc(C)cc2)c2ccc(N(c3ccc(C)cc3)c3ccc(C4(c5ccc(N(c6ccc(C)cc6)c6ccc(N(c7ccc(C)cc7)c7ccc(C)cc7)cc6)cc5)C5=CC[C@]6(C)C=CC=CC6=C5c5ccc(C)cc54)cc3)cc2)cc1. The Morgan fingerprint density at radius 1 is 0.292 bits per heavy atom. The summed E-state index contributed by atoms with van der Waals surface area (Å²) in [6, 6.07) is 97.4. The minimum atomic E-state index is -0.644. The number of benzene rings is 11. The van der Waals surface area contributed by atoms with Crippen LogP contribution in [0.3, 0.4) is 0 Å². The fourth-order valence-electron chi connectivity index (χ4n) is 13.7. The Balaban J connectivity index is 0.894. The molecule has 0 fully saturated rings. The van der Waals surface area contributed by atoms with Crippen molar-refractivity contribution in [3.05, 3.63) is 364 Å². The molecule has 4 heteroatoms. The Morgan fingerprint density at radius 2 is 0.551 bits per heavy atom. The summed E-state index contributed by atoms with van der Waals surface area (Å²) >= 11 is 0. The van der Waals surface area contributed by atoms with Gasteiger partial charge >= 0.3 is 0 Å². The van der Waals surface area contributed by atoms with Gasteiger partial charge in [0.25, 0.3) is 0 Å². The summed E-state index contributed by atoms with van der Waals surface area (Å²) in [7, 11) is 0. The summed E-state index contributed by atoms with van der Waals surface area (Å²) in [5, 5.41) is 0. The predicted octanol–water partition coefficient (Wildman–Crippen LogP) is 23.3. The third-order valence-corrected chi connectivity index (χ3v) is 18.6. The quantitative estimate of drug-likeness (QED) is 0.108. The number of allylic oxidation sites excluding steroid dienone is 8. The first-order valence-corrected chi connectivity index (χ1v) is 31.3. The highest BCUT2D eigenvalue weighted by Gasteiger charge is 2.52. The van der Waals surface area contributed by atoms with Crippen molar-refractivity contribution in [2.45, 2.75) is 67.2 Å². The van der Waals surface area contributed by atoms with Gasteiger partial charge in [-0.25, -0.2) is 0 Å². The van der Waals surface area contributed by atoms with Crippen molar-refractivity contribution in [3.8, 4) is 0 Å². The van der Waals surface area contributed by atoms with Crippen molar-refractivity contribution >= 4 is 73.8 Å². The molecule has 1 atom stereocenters. The van der Waals surface area contributed by atoms with Crippen molar-refractivity contribution in [1.29, 1.82) is 0 Å². The Kier molecular flexibility index (Phi) is 14.6. The van der Waals surface area contributed by atoms with Gasteiger partial charge in [-0.3, -0.25) is 0 Å². The van der Waals surface area contributed by atoms with Gasteiger partial charge in [0.2, 0.25) is 0 Å². The highest BCUT2D eigenvalue weighted by Crippen LogP contribution is 2.63. The van der Waals surface area contributed by atoms with Gasteiger partial charge in [-0.05, 0) is 239 Å². The van der Waals surface area contributed by atoms with Crippen LogP contribution in [-0.2, 0) is 5.41 Å². The molecule has 0 aromatic heterocycles. The molecule has 434 valence electrons. The zero-order chi connectivity index (χ0) is 61.0. The molecule has 14 rings (SSSR count). The van der Waals surface area contributed by atoms with Crippen LogP contribution in [0.2, 0.25) is 0 Å². The fraction of sp³-hybridized carbons (Fsp3) is 0.129. The second-order valence-electron chi connectivity index (χ2n) is 25.0. The molecule has 0 saturated heterocycles. The number of fused-ring (bicyclic) bond motifs is 4. The van der Waals surface area contributed by atoms with E-state index in [1.165, 1.54) is 77.9 Å². The highest BCUT2D eigenvalue weighted by molar-refractivity contribution is 5.98. The molecule has 0 amide bonds. The van der Waals surface area contributed by atoms with Crippen LogP contribution in [0.4, 0.5) is 68.2 Å². The van der Waals surface area contributed by atoms with Crippen LogP contribution in [0, 0.1) is 53.9 Å². The van der Waals surface area contributed by atoms with Crippen LogP contribution in [0.15, 0.2) is 302 Å². The number of aryl methyl sites for hydroxylation is 7. The molecule has 0 saturated carbocycles. The average Bonchev–Trinajstić information content (AvgIpc) is 1.54. The van der Waals surface area contributed by atoms with Gasteiger partial charge in [-0.15, -0.1) is 0 Å². The van der Waals surface area contributed by atoms with E-state index in [2.05, 4.69) is 366 Å². The molecule has 0 radical (unpaired) electrons. The summed E-state index contributed by atoms with van der Waals surface area (Å²) in [5.41, 5.74) is 30.2. The lowest BCUT2D eigenvalue weighted by atomic mass is 9.63. The van der Waals surface area contributed by atoms with E-state index in [0.29, 0.717) is 0 Å². The third-order valence-electron chi connectivity index (χ3n) is 18.6. The molecule has 4 nitrogen and oxygen atoms in total. The van der Waals surface area contributed by atoms with Crippen LogP contribution in [0.1, 0.15) is 74.5 Å². The average molecular weight is 1150 g/mol. The summed E-state index contributed by atoms with van der Waals surface area (Å²) in [6.07, 6.45) is 12.7. The van der Waals surface area contributed by atoms with E-state index in [1.807, 2.05) is 0 Å². The highest BCUT2D eigenvalue weighted by atomic mass is 15.2. The molecule has 0 aliphatic heterocycles. The number of anilines is 12. The lowest BCUT2D eigenvalue weighted by Gasteiger charge is -2.40. The van der Waals surface area contributed by atoms with Crippen LogP contribution in [-0.4, -0.2) is 0 Å². The van der Waals surface area contributed by atoms with E-state index >= 15 is 0 Å². The number of hydrogen-bond acceptors (Lipinski definition) is 4. The van der Waals surface area contributed by atoms with Crippen molar-refractivity contribution in [2.75, 3.05) is 19.6 Å². The van der Waals surface area contributed by atoms with Crippen LogP contribution in [0.5, 0.6) is 0 Å². The third kappa shape index (κ3) is 10.4. The van der Waals surface area contributed by atoms with E-state index in [1.54, 1.807) is 0 Å². The topological polar surface area (TPSA) is 13.0 Å². The molecule has 3 aliphatic rings. The zero-order valence-electron chi connectivity index (χ0n) is 52.2. The standard InChI is InChI=1S/C85H74N4/c1-58-12-29-67(30-13-58)86(68-31-14-59(2)15-32-68)75-45-49-77(50-46-75)88(71-37-20-62(5)21-38-71)73-41-25-65(26-42-73)85(81-54-56-84(8)55-10-9-11-80(84)83(81)79-53-24-64(7)57-82(79)85)66-27-43-74(44-28-66)89(72-39-22-63(6)23-40-72)78-51-47-76(48-52-78)87(69-33-16-60(3)17-34-69)70-35-18-61(4)19-36-70/h9-55,57H,56H2,1-8H3/t84-/m0/s1. The second kappa shape index (κ2) is 23.0. The summed E-state index contributed by atoms with van der Waals surface area (Å²) in [5.74, 6) is 0. The van der Waals surface area contributed by atoms with E-state index in [4.69, 9.17) is 0 Å². The summed E-state index contributed by atoms with van der Waals surface area (Å²) in [6.45, 7) is 17.5. The van der Waals surface area contributed by atoms with Crippen LogP contribution in [0.25, 0.3) is 5.57 Å². The van der Waals surface area contributed by atoms with Gasteiger partial charge in [-0.1, -0.05) is 192 Å². The van der Waals surface area contributed by atoms with Crippen LogP contribution < -0.4 is 19.6 Å². The second-order valence-corrected chi connectivity index (χ2v) is 25.0. The minimum absolute atomic E-state index is 0.123. The van der Waals surface area contributed by atoms with Crippen molar-refractivity contribution in [2.24, 2.45) is 5.41 Å². The first-order valence-electron chi connectivity index (χ1n) is 31.3. The van der Waals surface area contributed by atoms with Crippen LogP contribution >= 0.6 is 0 Å². The molecule has 89 heavy (non-hydrogen) atoms. The van der Waals surface area contributed by atoms with Gasteiger partial charge in [0.15, 0.2) is 0 Å². The van der Waals surface area contributed by atoms with Gasteiger partial charge in [0.1, 0.15) is 0 Å². The molecular weight excluding hydrogens is 1080 g/mol. The molecule has 0 bridgehead atoms. The van der Waals surface area contributed by atoms with Crippen molar-refractivity contribution in [1.82, 2.24) is 0 Å². The maximum atomic E-state index is 2.58. The lowest BCUT2D eigenvalue weighted by molar-refractivity contribution is 0.523. The van der Waals surface area contributed by atoms with Crippen molar-refractivity contribution < 1.29 is 0 Å². The maximum Gasteiger partial charge on any atom is 0.0710 e. The van der Waals surface area contributed by atoms with E-state index in [-0.39, 0.29) is 5.41 Å². The predicted molar refractivity (Wildman–Crippen MR) is 377 cm³/mol. The molecule has 3 aliphatic carbocycles. The number of hydrogen-bond donors (Lipinski definition) is 0. The Labute approximate surface area is 526 Å². The largest absolute Gasteiger partial charge is 0.311 e. The maximum absolute atomic E-state index is 2.58. The Morgan fingerprint density at radius 3 is 0.843 bits per heavy atom. The minimum Gasteiger partial charge on any atom is -0.311 e. The van der Waals surface area contributed by atoms with Gasteiger partial charge in [0.05, 0.1) is 5.41 Å². The molecule has 0 unspecified atom stereocenters. The first kappa shape index (κ1) is 56.4. The van der Waals surface area contributed by atoms with Gasteiger partial charge in [-0.2, -0.15) is 0 Å². The molecular formula is C85H74N4. The van der Waals surface area contributed by atoms with Gasteiger partial charge in [0, 0.05) is 73.7 Å². The Hall–Kier alpha value is -10.4. The lowest BCUT2D eigenvalue weighted by Crippen LogP contribution is -2.31. The molecule has 11 aromatic rings. The Bertz CT molecular complexity index is 4190. The van der Waals surface area contributed by atoms with E-state index < -0.39 is 5.41 Å². The first-order chi connectivity index (χ1) is 43.3. The number of rotatable bonds is 14. The van der Waals surface area contributed by atoms with E-state index in [0.717, 1.165) is 74.7 Å². The van der Waals surface area contributed by atoms with Crippen molar-refractivity contribution in [3.63, 3.8) is 0 Å². The molecule has 0 spiro atoms. The smallest absolute Gasteiger partial charge is 0.0710 e. The normalized spacial score (nSPS) is 15.2. The summed E-state index contributed by atoms with van der Waals surface area (Å²) < 4.78 is 0.